The Hall–Kier alpha value is -2.34. The van der Waals surface area contributed by atoms with Gasteiger partial charge in [-0.25, -0.2) is 4.39 Å². The van der Waals surface area contributed by atoms with Crippen LogP contribution in [0, 0.1) is 5.82 Å². The molecule has 2 aromatic heterocycles. The van der Waals surface area contributed by atoms with Crippen LogP contribution < -0.4 is 10.6 Å². The summed E-state index contributed by atoms with van der Waals surface area (Å²) in [7, 11) is 1.78. The van der Waals surface area contributed by atoms with E-state index in [9.17, 15) is 4.39 Å². The topological polar surface area (TPSA) is 52.2 Å². The van der Waals surface area contributed by atoms with Gasteiger partial charge in [0.25, 0.3) is 0 Å². The molecule has 0 saturated carbocycles. The standard InChI is InChI=1S/C19H23FN4S/c1-13(18-4-3-9-25-18)11-24-19(21-2)22-8-7-14-12-23-17-10-15(20)5-6-16(14)17/h3-6,9-10,12-13,23H,7-8,11H2,1-2H3,(H2,21,22,24). The van der Waals surface area contributed by atoms with E-state index in [1.165, 1.54) is 22.6 Å². The SMILES string of the molecule is CN=C(NCCc1c[nH]c2cc(F)ccc12)NCC(C)c1cccs1. The summed E-state index contributed by atoms with van der Waals surface area (Å²) in [5, 5.41) is 9.88. The van der Waals surface area contributed by atoms with Crippen LogP contribution in [0.25, 0.3) is 10.9 Å². The molecular formula is C19H23FN4S. The predicted molar refractivity (Wildman–Crippen MR) is 104 cm³/mol. The number of guanidine groups is 1. The summed E-state index contributed by atoms with van der Waals surface area (Å²) >= 11 is 1.78. The summed E-state index contributed by atoms with van der Waals surface area (Å²) in [5.74, 6) is 1.03. The van der Waals surface area contributed by atoms with Crippen LogP contribution in [0.5, 0.6) is 0 Å². The lowest BCUT2D eigenvalue weighted by molar-refractivity contribution is 0.629. The maximum absolute atomic E-state index is 13.2. The molecule has 1 atom stereocenters. The zero-order chi connectivity index (χ0) is 17.6. The Morgan fingerprint density at radius 1 is 1.32 bits per heavy atom. The number of nitrogens with one attached hydrogen (secondary N) is 3. The number of benzene rings is 1. The fraction of sp³-hybridized carbons (Fsp3) is 0.316. The third-order valence-corrected chi connectivity index (χ3v) is 5.35. The van der Waals surface area contributed by atoms with Crippen molar-refractivity contribution in [3.05, 3.63) is 58.2 Å². The Balaban J connectivity index is 1.49. The molecule has 0 saturated heterocycles. The molecule has 3 aromatic rings. The second-order valence-electron chi connectivity index (χ2n) is 6.05. The highest BCUT2D eigenvalue weighted by molar-refractivity contribution is 7.10. The molecule has 4 nitrogen and oxygen atoms in total. The van der Waals surface area contributed by atoms with E-state index in [2.05, 4.69) is 45.0 Å². The molecule has 0 aliphatic heterocycles. The van der Waals surface area contributed by atoms with Crippen molar-refractivity contribution < 1.29 is 4.39 Å². The van der Waals surface area contributed by atoms with Crippen molar-refractivity contribution in [3.8, 4) is 0 Å². The summed E-state index contributed by atoms with van der Waals surface area (Å²) in [6, 6.07) is 9.09. The highest BCUT2D eigenvalue weighted by Gasteiger charge is 2.08. The van der Waals surface area contributed by atoms with Gasteiger partial charge in [-0.1, -0.05) is 13.0 Å². The number of rotatable bonds is 6. The Morgan fingerprint density at radius 3 is 2.96 bits per heavy atom. The van der Waals surface area contributed by atoms with Crippen LogP contribution in [0.3, 0.4) is 0 Å². The molecule has 25 heavy (non-hydrogen) atoms. The molecule has 1 unspecified atom stereocenters. The van der Waals surface area contributed by atoms with Crippen LogP contribution in [-0.4, -0.2) is 31.1 Å². The van der Waals surface area contributed by atoms with Crippen LogP contribution in [0.2, 0.25) is 0 Å². The molecule has 6 heteroatoms. The number of aromatic nitrogens is 1. The average molecular weight is 358 g/mol. The second-order valence-corrected chi connectivity index (χ2v) is 7.03. The Bertz CT molecular complexity index is 838. The molecular weight excluding hydrogens is 335 g/mol. The van der Waals surface area contributed by atoms with Gasteiger partial charge >= 0.3 is 0 Å². The van der Waals surface area contributed by atoms with Crippen LogP contribution in [0.15, 0.2) is 46.9 Å². The summed E-state index contributed by atoms with van der Waals surface area (Å²) in [5.41, 5.74) is 2.01. The summed E-state index contributed by atoms with van der Waals surface area (Å²) in [4.78, 5) is 8.77. The van der Waals surface area contributed by atoms with Crippen LogP contribution >= 0.6 is 11.3 Å². The molecule has 0 radical (unpaired) electrons. The highest BCUT2D eigenvalue weighted by Crippen LogP contribution is 2.20. The minimum absolute atomic E-state index is 0.219. The fourth-order valence-electron chi connectivity index (χ4n) is 2.82. The lowest BCUT2D eigenvalue weighted by Crippen LogP contribution is -2.39. The van der Waals surface area contributed by atoms with Crippen molar-refractivity contribution >= 4 is 28.2 Å². The predicted octanol–water partition coefficient (Wildman–Crippen LogP) is 3.88. The van der Waals surface area contributed by atoms with Crippen molar-refractivity contribution in [2.45, 2.75) is 19.3 Å². The quantitative estimate of drug-likeness (QED) is 0.463. The highest BCUT2D eigenvalue weighted by atomic mass is 32.1. The van der Waals surface area contributed by atoms with Gasteiger partial charge in [0, 0.05) is 48.0 Å². The zero-order valence-corrected chi connectivity index (χ0v) is 15.3. The van der Waals surface area contributed by atoms with E-state index in [0.717, 1.165) is 36.4 Å². The first-order chi connectivity index (χ1) is 12.2. The van der Waals surface area contributed by atoms with Crippen molar-refractivity contribution in [3.63, 3.8) is 0 Å². The Morgan fingerprint density at radius 2 is 2.20 bits per heavy atom. The van der Waals surface area contributed by atoms with Crippen LogP contribution in [-0.2, 0) is 6.42 Å². The van der Waals surface area contributed by atoms with E-state index in [4.69, 9.17) is 0 Å². The Kier molecular flexibility index (Phi) is 5.71. The van der Waals surface area contributed by atoms with Gasteiger partial charge in [-0.05, 0) is 41.6 Å². The van der Waals surface area contributed by atoms with Gasteiger partial charge in [0.2, 0.25) is 0 Å². The number of H-pyrrole nitrogens is 1. The maximum Gasteiger partial charge on any atom is 0.191 e. The van der Waals surface area contributed by atoms with Crippen LogP contribution in [0.4, 0.5) is 4.39 Å². The molecule has 3 rings (SSSR count). The lowest BCUT2D eigenvalue weighted by Gasteiger charge is -2.15. The number of fused-ring (bicyclic) bond motifs is 1. The smallest absolute Gasteiger partial charge is 0.191 e. The minimum Gasteiger partial charge on any atom is -0.361 e. The number of nitrogens with zero attached hydrogens (tertiary/aromatic N) is 1. The molecule has 0 bridgehead atoms. The number of hydrogen-bond acceptors (Lipinski definition) is 2. The first kappa shape index (κ1) is 17.5. The largest absolute Gasteiger partial charge is 0.361 e. The normalized spacial score (nSPS) is 13.2. The monoisotopic (exact) mass is 358 g/mol. The van der Waals surface area contributed by atoms with Gasteiger partial charge in [0.05, 0.1) is 0 Å². The van der Waals surface area contributed by atoms with Crippen molar-refractivity contribution in [1.82, 2.24) is 15.6 Å². The molecule has 0 fully saturated rings. The van der Waals surface area contributed by atoms with E-state index in [-0.39, 0.29) is 5.82 Å². The molecule has 0 aliphatic rings. The van der Waals surface area contributed by atoms with E-state index in [1.54, 1.807) is 18.4 Å². The zero-order valence-electron chi connectivity index (χ0n) is 14.5. The first-order valence-electron chi connectivity index (χ1n) is 8.41. The molecule has 1 aromatic carbocycles. The summed E-state index contributed by atoms with van der Waals surface area (Å²) in [6.07, 6.45) is 2.79. The van der Waals surface area contributed by atoms with E-state index in [0.29, 0.717) is 5.92 Å². The molecule has 3 N–H and O–H groups in total. The second kappa shape index (κ2) is 8.16. The number of aliphatic imine (C=N–C) groups is 1. The van der Waals surface area contributed by atoms with Crippen molar-refractivity contribution in [2.24, 2.45) is 4.99 Å². The summed E-state index contributed by atoms with van der Waals surface area (Å²) < 4.78 is 13.2. The third-order valence-electron chi connectivity index (χ3n) is 4.24. The van der Waals surface area contributed by atoms with Gasteiger partial charge in [-0.15, -0.1) is 11.3 Å². The number of hydrogen-bond donors (Lipinski definition) is 3. The van der Waals surface area contributed by atoms with Crippen LogP contribution in [0.1, 0.15) is 23.3 Å². The van der Waals surface area contributed by atoms with E-state index >= 15 is 0 Å². The summed E-state index contributed by atoms with van der Waals surface area (Å²) in [6.45, 7) is 3.81. The number of thiophene rings is 1. The van der Waals surface area contributed by atoms with Gasteiger partial charge in [-0.3, -0.25) is 4.99 Å². The number of aromatic amines is 1. The molecule has 2 heterocycles. The Labute approximate surface area is 151 Å². The molecule has 0 amide bonds. The van der Waals surface area contributed by atoms with Gasteiger partial charge < -0.3 is 15.6 Å². The van der Waals surface area contributed by atoms with Gasteiger partial charge in [0.1, 0.15) is 5.82 Å². The van der Waals surface area contributed by atoms with Crippen molar-refractivity contribution in [2.75, 3.05) is 20.1 Å². The lowest BCUT2D eigenvalue weighted by atomic mass is 10.1. The minimum atomic E-state index is -0.219. The van der Waals surface area contributed by atoms with Crippen molar-refractivity contribution in [1.29, 1.82) is 0 Å². The molecule has 0 aliphatic carbocycles. The third kappa shape index (κ3) is 4.39. The fourth-order valence-corrected chi connectivity index (χ4v) is 3.61. The van der Waals surface area contributed by atoms with E-state index in [1.807, 2.05) is 12.3 Å². The number of halogens is 1. The first-order valence-corrected chi connectivity index (χ1v) is 9.28. The molecule has 132 valence electrons. The van der Waals surface area contributed by atoms with E-state index < -0.39 is 0 Å². The average Bonchev–Trinajstić information content (AvgIpc) is 3.27. The van der Waals surface area contributed by atoms with Gasteiger partial charge in [0.15, 0.2) is 5.96 Å². The molecule has 0 spiro atoms. The maximum atomic E-state index is 13.2. The van der Waals surface area contributed by atoms with Gasteiger partial charge in [-0.2, -0.15) is 0 Å².